The van der Waals surface area contributed by atoms with E-state index in [9.17, 15) is 13.2 Å². The molecule has 0 aliphatic rings. The SMILES string of the molecule is CCN(CC)c1ccc(NC(=O)CSc2nc3cc(S(=O)(=O)N(CC)CC)ccc3n2-c2ccccc2OC)cc1. The molecule has 1 aromatic heterocycles. The minimum absolute atomic E-state index is 0.112. The predicted molar refractivity (Wildman–Crippen MR) is 167 cm³/mol. The topological polar surface area (TPSA) is 96.8 Å². The van der Waals surface area contributed by atoms with Crippen LogP contribution in [0.3, 0.4) is 0 Å². The van der Waals surface area contributed by atoms with E-state index in [-0.39, 0.29) is 16.6 Å². The molecule has 4 aromatic rings. The zero-order valence-electron chi connectivity index (χ0n) is 24.1. The Morgan fingerprint density at radius 1 is 0.951 bits per heavy atom. The van der Waals surface area contributed by atoms with E-state index in [4.69, 9.17) is 9.72 Å². The number of amides is 1. The summed E-state index contributed by atoms with van der Waals surface area (Å²) in [7, 11) is -2.07. The number of carbonyl (C=O) groups is 1. The van der Waals surface area contributed by atoms with Gasteiger partial charge in [-0.3, -0.25) is 9.36 Å². The zero-order chi connectivity index (χ0) is 29.6. The molecule has 0 unspecified atom stereocenters. The first-order chi connectivity index (χ1) is 19.8. The van der Waals surface area contributed by atoms with Gasteiger partial charge in [0.15, 0.2) is 5.16 Å². The number of methoxy groups -OCH3 is 1. The number of hydrogen-bond acceptors (Lipinski definition) is 7. The van der Waals surface area contributed by atoms with Crippen LogP contribution in [0.4, 0.5) is 11.4 Å². The van der Waals surface area contributed by atoms with Crippen LogP contribution in [-0.2, 0) is 14.8 Å². The van der Waals surface area contributed by atoms with Gasteiger partial charge in [-0.1, -0.05) is 37.7 Å². The van der Waals surface area contributed by atoms with Crippen molar-refractivity contribution in [2.75, 3.05) is 49.3 Å². The highest BCUT2D eigenvalue weighted by molar-refractivity contribution is 7.99. The Morgan fingerprint density at radius 3 is 2.27 bits per heavy atom. The molecule has 0 fully saturated rings. The molecule has 1 heterocycles. The Bertz CT molecular complexity index is 1600. The van der Waals surface area contributed by atoms with E-state index in [2.05, 4.69) is 24.1 Å². The summed E-state index contributed by atoms with van der Waals surface area (Å²) in [6, 6.07) is 20.3. The second-order valence-corrected chi connectivity index (χ2v) is 12.1. The number of carbonyl (C=O) groups excluding carboxylic acids is 1. The first kappa shape index (κ1) is 30.4. The summed E-state index contributed by atoms with van der Waals surface area (Å²) < 4.78 is 35.3. The van der Waals surface area contributed by atoms with Crippen molar-refractivity contribution in [3.8, 4) is 11.4 Å². The van der Waals surface area contributed by atoms with Crippen molar-refractivity contribution in [1.82, 2.24) is 13.9 Å². The van der Waals surface area contributed by atoms with Crippen LogP contribution in [0.2, 0.25) is 0 Å². The molecule has 9 nitrogen and oxygen atoms in total. The molecule has 0 saturated carbocycles. The highest BCUT2D eigenvalue weighted by Crippen LogP contribution is 2.34. The monoisotopic (exact) mass is 595 g/mol. The van der Waals surface area contributed by atoms with Crippen molar-refractivity contribution in [3.05, 3.63) is 66.7 Å². The molecular formula is C30H37N5O4S2. The summed E-state index contributed by atoms with van der Waals surface area (Å²) in [5.74, 6) is 0.571. The number of nitrogens with zero attached hydrogens (tertiary/aromatic N) is 4. The second-order valence-electron chi connectivity index (χ2n) is 9.20. The number of nitrogens with one attached hydrogen (secondary N) is 1. The molecular weight excluding hydrogens is 558 g/mol. The quantitative estimate of drug-likeness (QED) is 0.200. The van der Waals surface area contributed by atoms with Crippen LogP contribution in [0.25, 0.3) is 16.7 Å². The van der Waals surface area contributed by atoms with Crippen LogP contribution in [0.1, 0.15) is 27.7 Å². The molecule has 0 atom stereocenters. The lowest BCUT2D eigenvalue weighted by atomic mass is 10.2. The lowest BCUT2D eigenvalue weighted by Gasteiger charge is -2.21. The molecule has 0 spiro atoms. The van der Waals surface area contributed by atoms with Gasteiger partial charge in [-0.05, 0) is 68.4 Å². The number of hydrogen-bond donors (Lipinski definition) is 1. The average Bonchev–Trinajstić information content (AvgIpc) is 3.35. The molecule has 0 aliphatic carbocycles. The number of sulfonamides is 1. The third-order valence-corrected chi connectivity index (χ3v) is 9.86. The molecule has 41 heavy (non-hydrogen) atoms. The van der Waals surface area contributed by atoms with Gasteiger partial charge in [0.05, 0.1) is 34.5 Å². The van der Waals surface area contributed by atoms with E-state index in [1.807, 2.05) is 66.9 Å². The van der Waals surface area contributed by atoms with Crippen LogP contribution in [0, 0.1) is 0 Å². The van der Waals surface area contributed by atoms with Gasteiger partial charge in [0.25, 0.3) is 0 Å². The van der Waals surface area contributed by atoms with Gasteiger partial charge < -0.3 is 15.0 Å². The maximum absolute atomic E-state index is 13.2. The molecule has 0 radical (unpaired) electrons. The van der Waals surface area contributed by atoms with Crippen molar-refractivity contribution in [2.45, 2.75) is 37.7 Å². The number of benzene rings is 3. The summed E-state index contributed by atoms with van der Waals surface area (Å²) in [5.41, 5.74) is 3.79. The fraction of sp³-hybridized carbons (Fsp3) is 0.333. The third kappa shape index (κ3) is 6.52. The van der Waals surface area contributed by atoms with Crippen molar-refractivity contribution >= 4 is 50.1 Å². The fourth-order valence-corrected chi connectivity index (χ4v) is 7.03. The third-order valence-electron chi connectivity index (χ3n) is 6.88. The van der Waals surface area contributed by atoms with E-state index in [1.165, 1.54) is 16.1 Å². The van der Waals surface area contributed by atoms with Crippen LogP contribution in [0.5, 0.6) is 5.75 Å². The average molecular weight is 596 g/mol. The number of thioether (sulfide) groups is 1. The van der Waals surface area contributed by atoms with Crippen LogP contribution in [0.15, 0.2) is 76.8 Å². The van der Waals surface area contributed by atoms with E-state index >= 15 is 0 Å². The number of imidazole rings is 1. The van der Waals surface area contributed by atoms with E-state index < -0.39 is 10.0 Å². The molecule has 4 rings (SSSR count). The first-order valence-electron chi connectivity index (χ1n) is 13.7. The standard InChI is InChI=1S/C30H37N5O4S2/c1-6-33(7-2)23-16-14-22(15-17-23)31-29(36)21-40-30-32-25-20-24(41(37,38)34(8-3)9-4)18-19-26(25)35(30)27-12-10-11-13-28(27)39-5/h10-20H,6-9,21H2,1-5H3,(H,31,36). The maximum Gasteiger partial charge on any atom is 0.243 e. The summed E-state index contributed by atoms with van der Waals surface area (Å²) in [6.07, 6.45) is 0. The van der Waals surface area contributed by atoms with Crippen molar-refractivity contribution < 1.29 is 17.9 Å². The smallest absolute Gasteiger partial charge is 0.243 e. The largest absolute Gasteiger partial charge is 0.495 e. The highest BCUT2D eigenvalue weighted by atomic mass is 32.2. The minimum Gasteiger partial charge on any atom is -0.495 e. The molecule has 0 bridgehead atoms. The highest BCUT2D eigenvalue weighted by Gasteiger charge is 2.24. The molecule has 0 aliphatic heterocycles. The lowest BCUT2D eigenvalue weighted by molar-refractivity contribution is -0.113. The van der Waals surface area contributed by atoms with Crippen molar-refractivity contribution in [1.29, 1.82) is 0 Å². The number of aromatic nitrogens is 2. The zero-order valence-corrected chi connectivity index (χ0v) is 25.8. The van der Waals surface area contributed by atoms with E-state index in [0.29, 0.717) is 35.0 Å². The van der Waals surface area contributed by atoms with Gasteiger partial charge in [-0.15, -0.1) is 0 Å². The Labute approximate surface area is 246 Å². The fourth-order valence-electron chi connectivity index (χ4n) is 4.73. The normalized spacial score (nSPS) is 11.7. The van der Waals surface area contributed by atoms with E-state index in [1.54, 1.807) is 25.3 Å². The Kier molecular flexibility index (Phi) is 9.95. The van der Waals surface area contributed by atoms with Crippen LogP contribution in [-0.4, -0.2) is 67.2 Å². The summed E-state index contributed by atoms with van der Waals surface area (Å²) in [5, 5.41) is 3.51. The number of anilines is 2. The first-order valence-corrected chi connectivity index (χ1v) is 16.1. The minimum atomic E-state index is -3.66. The maximum atomic E-state index is 13.2. The summed E-state index contributed by atoms with van der Waals surface area (Å²) in [6.45, 7) is 10.4. The van der Waals surface area contributed by atoms with Gasteiger partial charge in [-0.2, -0.15) is 4.31 Å². The molecule has 3 aromatic carbocycles. The molecule has 11 heteroatoms. The molecule has 1 N–H and O–H groups in total. The number of fused-ring (bicyclic) bond motifs is 1. The van der Waals surface area contributed by atoms with Gasteiger partial charge in [-0.25, -0.2) is 13.4 Å². The predicted octanol–water partition coefficient (Wildman–Crippen LogP) is 5.64. The molecule has 1 amide bonds. The van der Waals surface area contributed by atoms with Gasteiger partial charge in [0.2, 0.25) is 15.9 Å². The number of ether oxygens (including phenoxy) is 1. The van der Waals surface area contributed by atoms with Gasteiger partial charge in [0, 0.05) is 37.6 Å². The molecule has 218 valence electrons. The number of rotatable bonds is 13. The Balaban J connectivity index is 1.65. The Morgan fingerprint density at radius 2 is 1.63 bits per heavy atom. The van der Waals surface area contributed by atoms with Crippen LogP contribution < -0.4 is 15.0 Å². The second kappa shape index (κ2) is 13.4. The Hall–Kier alpha value is -3.54. The molecule has 0 saturated heterocycles. The summed E-state index contributed by atoms with van der Waals surface area (Å²) in [4.78, 5) is 20.1. The van der Waals surface area contributed by atoms with Gasteiger partial charge in [0.1, 0.15) is 5.75 Å². The number of para-hydroxylation sites is 2. The van der Waals surface area contributed by atoms with Crippen LogP contribution >= 0.6 is 11.8 Å². The summed E-state index contributed by atoms with van der Waals surface area (Å²) >= 11 is 1.27. The van der Waals surface area contributed by atoms with Crippen molar-refractivity contribution in [2.24, 2.45) is 0 Å². The lowest BCUT2D eigenvalue weighted by Crippen LogP contribution is -2.30. The van der Waals surface area contributed by atoms with Crippen molar-refractivity contribution in [3.63, 3.8) is 0 Å². The van der Waals surface area contributed by atoms with Gasteiger partial charge >= 0.3 is 0 Å². The van der Waals surface area contributed by atoms with E-state index in [0.717, 1.165) is 30.2 Å².